The first-order valence-electron chi connectivity index (χ1n) is 9.33. The Morgan fingerprint density at radius 3 is 2.29 bits per heavy atom. The van der Waals surface area contributed by atoms with Crippen molar-refractivity contribution in [3.8, 4) is 5.69 Å². The van der Waals surface area contributed by atoms with Crippen LogP contribution in [0.25, 0.3) is 5.69 Å². The summed E-state index contributed by atoms with van der Waals surface area (Å²) in [5.41, 5.74) is 9.35. The molecule has 2 N–H and O–H groups in total. The molecule has 1 fully saturated rings. The van der Waals surface area contributed by atoms with Crippen molar-refractivity contribution >= 4 is 11.6 Å². The molecule has 28 heavy (non-hydrogen) atoms. The van der Waals surface area contributed by atoms with E-state index in [0.29, 0.717) is 12.5 Å². The van der Waals surface area contributed by atoms with Crippen molar-refractivity contribution in [2.24, 2.45) is 10.7 Å². The highest BCUT2D eigenvalue weighted by Crippen LogP contribution is 2.17. The Kier molecular flexibility index (Phi) is 5.23. The van der Waals surface area contributed by atoms with Gasteiger partial charge in [0.25, 0.3) is 0 Å². The molecule has 2 aromatic carbocycles. The minimum atomic E-state index is -0.212. The molecule has 0 aliphatic carbocycles. The molecule has 1 saturated heterocycles. The van der Waals surface area contributed by atoms with E-state index < -0.39 is 0 Å². The van der Waals surface area contributed by atoms with Gasteiger partial charge in [-0.2, -0.15) is 5.10 Å². The number of nitrogens with zero attached hydrogens (tertiary/aromatic N) is 5. The Morgan fingerprint density at radius 1 is 0.964 bits per heavy atom. The average Bonchev–Trinajstić information content (AvgIpc) is 3.28. The fourth-order valence-corrected chi connectivity index (χ4v) is 3.29. The lowest BCUT2D eigenvalue weighted by molar-refractivity contribution is 0.380. The minimum Gasteiger partial charge on any atom is -0.370 e. The second kappa shape index (κ2) is 8.12. The summed E-state index contributed by atoms with van der Waals surface area (Å²) in [4.78, 5) is 8.88. The van der Waals surface area contributed by atoms with Crippen LogP contribution in [0.2, 0.25) is 0 Å². The zero-order valence-electron chi connectivity index (χ0n) is 15.6. The Bertz CT molecular complexity index is 911. The third-order valence-corrected chi connectivity index (χ3v) is 4.92. The van der Waals surface area contributed by atoms with Crippen LogP contribution in [-0.2, 0) is 6.54 Å². The van der Waals surface area contributed by atoms with Crippen molar-refractivity contribution in [2.45, 2.75) is 6.54 Å². The highest BCUT2D eigenvalue weighted by atomic mass is 19.1. The van der Waals surface area contributed by atoms with Gasteiger partial charge in [0, 0.05) is 44.3 Å². The molecule has 1 aliphatic rings. The molecule has 6 nitrogen and oxygen atoms in total. The number of aromatic nitrogens is 2. The van der Waals surface area contributed by atoms with Gasteiger partial charge in [-0.1, -0.05) is 12.1 Å². The number of hydrogen-bond donors (Lipinski definition) is 1. The van der Waals surface area contributed by atoms with Crippen LogP contribution in [0, 0.1) is 5.82 Å². The maximum atomic E-state index is 13.1. The first kappa shape index (κ1) is 18.0. The van der Waals surface area contributed by atoms with Crippen LogP contribution in [0.1, 0.15) is 5.56 Å². The molecule has 144 valence electrons. The van der Waals surface area contributed by atoms with E-state index >= 15 is 0 Å². The SMILES string of the molecule is NC(=NCc1ccc(-n2cccn2)cc1)N1CCN(c2ccc(F)cc2)CC1. The van der Waals surface area contributed by atoms with E-state index in [0.717, 1.165) is 43.1 Å². The van der Waals surface area contributed by atoms with Crippen LogP contribution in [0.3, 0.4) is 0 Å². The quantitative estimate of drug-likeness (QED) is 0.560. The molecule has 0 amide bonds. The van der Waals surface area contributed by atoms with E-state index in [1.54, 1.807) is 6.20 Å². The summed E-state index contributed by atoms with van der Waals surface area (Å²) in [6, 6.07) is 16.6. The fraction of sp³-hybridized carbons (Fsp3) is 0.238. The molecule has 0 spiro atoms. The van der Waals surface area contributed by atoms with Crippen molar-refractivity contribution in [1.82, 2.24) is 14.7 Å². The molecular formula is C21H23FN6. The van der Waals surface area contributed by atoms with Gasteiger partial charge in [0.05, 0.1) is 12.2 Å². The van der Waals surface area contributed by atoms with E-state index in [4.69, 9.17) is 5.73 Å². The molecule has 0 radical (unpaired) electrons. The molecule has 0 saturated carbocycles. The molecule has 3 aromatic rings. The number of benzene rings is 2. The highest BCUT2D eigenvalue weighted by Gasteiger charge is 2.18. The number of piperazine rings is 1. The zero-order chi connectivity index (χ0) is 19.3. The third kappa shape index (κ3) is 4.14. The molecule has 1 aliphatic heterocycles. The van der Waals surface area contributed by atoms with Crippen LogP contribution < -0.4 is 10.6 Å². The van der Waals surface area contributed by atoms with Gasteiger partial charge >= 0.3 is 0 Å². The van der Waals surface area contributed by atoms with Crippen LogP contribution in [0.4, 0.5) is 10.1 Å². The van der Waals surface area contributed by atoms with E-state index in [2.05, 4.69) is 19.9 Å². The Morgan fingerprint density at radius 2 is 1.64 bits per heavy atom. The second-order valence-electron chi connectivity index (χ2n) is 6.74. The number of aliphatic imine (C=N–C) groups is 1. The van der Waals surface area contributed by atoms with Crippen LogP contribution in [0.15, 0.2) is 72.0 Å². The van der Waals surface area contributed by atoms with E-state index in [9.17, 15) is 4.39 Å². The van der Waals surface area contributed by atoms with Gasteiger partial charge < -0.3 is 15.5 Å². The molecule has 0 unspecified atom stereocenters. The largest absolute Gasteiger partial charge is 0.370 e. The maximum Gasteiger partial charge on any atom is 0.191 e. The van der Waals surface area contributed by atoms with Gasteiger partial charge in [-0.3, -0.25) is 0 Å². The number of rotatable bonds is 4. The average molecular weight is 378 g/mol. The summed E-state index contributed by atoms with van der Waals surface area (Å²) in [7, 11) is 0. The summed E-state index contributed by atoms with van der Waals surface area (Å²) in [5, 5.41) is 4.22. The van der Waals surface area contributed by atoms with E-state index in [1.807, 2.05) is 53.3 Å². The predicted octanol–water partition coefficient (Wildman–Crippen LogP) is 2.65. The standard InChI is InChI=1S/C21H23FN6/c22-18-4-8-19(9-5-18)26-12-14-27(15-13-26)21(23)24-16-17-2-6-20(7-3-17)28-11-1-10-25-28/h1-11H,12-16H2,(H2,23,24). The molecule has 0 bridgehead atoms. The second-order valence-corrected chi connectivity index (χ2v) is 6.74. The van der Waals surface area contributed by atoms with Gasteiger partial charge in [0.15, 0.2) is 5.96 Å². The lowest BCUT2D eigenvalue weighted by Gasteiger charge is -2.36. The molecule has 4 rings (SSSR count). The minimum absolute atomic E-state index is 0.212. The summed E-state index contributed by atoms with van der Waals surface area (Å²) in [5.74, 6) is 0.353. The Hall–Kier alpha value is -3.35. The molecule has 1 aromatic heterocycles. The lowest BCUT2D eigenvalue weighted by Crippen LogP contribution is -2.51. The first-order chi connectivity index (χ1) is 13.7. The number of hydrogen-bond acceptors (Lipinski definition) is 3. The van der Waals surface area contributed by atoms with Gasteiger partial charge in [-0.15, -0.1) is 0 Å². The lowest BCUT2D eigenvalue weighted by atomic mass is 10.2. The monoisotopic (exact) mass is 378 g/mol. The van der Waals surface area contributed by atoms with E-state index in [-0.39, 0.29) is 5.82 Å². The summed E-state index contributed by atoms with van der Waals surface area (Å²) < 4.78 is 14.9. The summed E-state index contributed by atoms with van der Waals surface area (Å²) in [6.45, 7) is 3.81. The van der Waals surface area contributed by atoms with Crippen molar-refractivity contribution in [3.05, 3.63) is 78.4 Å². The normalized spacial score (nSPS) is 15.1. The molecular weight excluding hydrogens is 355 g/mol. The number of guanidine groups is 1. The number of halogens is 1. The van der Waals surface area contributed by atoms with Gasteiger partial charge in [-0.25, -0.2) is 14.1 Å². The van der Waals surface area contributed by atoms with Crippen LogP contribution in [-0.4, -0.2) is 46.8 Å². The third-order valence-electron chi connectivity index (χ3n) is 4.92. The van der Waals surface area contributed by atoms with Crippen LogP contribution in [0.5, 0.6) is 0 Å². The van der Waals surface area contributed by atoms with Gasteiger partial charge in [0.2, 0.25) is 0 Å². The maximum absolute atomic E-state index is 13.1. The first-order valence-corrected chi connectivity index (χ1v) is 9.33. The zero-order valence-corrected chi connectivity index (χ0v) is 15.6. The van der Waals surface area contributed by atoms with Crippen molar-refractivity contribution in [3.63, 3.8) is 0 Å². The molecule has 2 heterocycles. The van der Waals surface area contributed by atoms with Crippen LogP contribution >= 0.6 is 0 Å². The van der Waals surface area contributed by atoms with Gasteiger partial charge in [0.1, 0.15) is 5.82 Å². The molecule has 7 heteroatoms. The fourth-order valence-electron chi connectivity index (χ4n) is 3.29. The number of anilines is 1. The Balaban J connectivity index is 1.31. The summed E-state index contributed by atoms with van der Waals surface area (Å²) >= 11 is 0. The smallest absolute Gasteiger partial charge is 0.191 e. The predicted molar refractivity (Wildman–Crippen MR) is 109 cm³/mol. The van der Waals surface area contributed by atoms with Crippen molar-refractivity contribution < 1.29 is 4.39 Å². The van der Waals surface area contributed by atoms with Crippen molar-refractivity contribution in [1.29, 1.82) is 0 Å². The Labute approximate surface area is 163 Å². The summed E-state index contributed by atoms with van der Waals surface area (Å²) in [6.07, 6.45) is 3.67. The highest BCUT2D eigenvalue weighted by molar-refractivity contribution is 5.78. The van der Waals surface area contributed by atoms with E-state index in [1.165, 1.54) is 12.1 Å². The number of nitrogens with two attached hydrogens (primary N) is 1. The topological polar surface area (TPSA) is 62.7 Å². The molecule has 0 atom stereocenters. The van der Waals surface area contributed by atoms with Gasteiger partial charge in [-0.05, 0) is 48.0 Å². The van der Waals surface area contributed by atoms with Crippen molar-refractivity contribution in [2.75, 3.05) is 31.1 Å².